The maximum absolute atomic E-state index is 12.9. The third-order valence-corrected chi connectivity index (χ3v) is 14.6. The van der Waals surface area contributed by atoms with E-state index < -0.39 is 6.10 Å². The fourth-order valence-corrected chi connectivity index (χ4v) is 9.29. The van der Waals surface area contributed by atoms with Crippen LogP contribution in [-0.2, 0) is 28.6 Å². The molecule has 3 atom stereocenters. The first kappa shape index (κ1) is 65.4. The molecule has 0 spiro atoms. The second-order valence-corrected chi connectivity index (χ2v) is 21.9. The van der Waals surface area contributed by atoms with Crippen molar-refractivity contribution in [2.24, 2.45) is 17.8 Å². The van der Waals surface area contributed by atoms with Crippen molar-refractivity contribution in [3.63, 3.8) is 0 Å². The van der Waals surface area contributed by atoms with E-state index >= 15 is 0 Å². The Hall–Kier alpha value is -1.59. The topological polar surface area (TPSA) is 78.9 Å². The average molecular weight is 948 g/mol. The molecule has 0 saturated heterocycles. The van der Waals surface area contributed by atoms with E-state index in [1.807, 2.05) is 0 Å². The summed E-state index contributed by atoms with van der Waals surface area (Å²) >= 11 is 0. The fraction of sp³-hybridized carbons (Fsp3) is 0.951. The highest BCUT2D eigenvalue weighted by atomic mass is 16.6. The summed E-state index contributed by atoms with van der Waals surface area (Å²) in [6, 6.07) is 0. The third kappa shape index (κ3) is 52.1. The van der Waals surface area contributed by atoms with Crippen molar-refractivity contribution in [2.45, 2.75) is 343 Å². The number of carbonyl (C=O) groups is 3. The van der Waals surface area contributed by atoms with Crippen LogP contribution in [-0.4, -0.2) is 37.2 Å². The van der Waals surface area contributed by atoms with Gasteiger partial charge in [-0.2, -0.15) is 0 Å². The van der Waals surface area contributed by atoms with Crippen molar-refractivity contribution in [1.82, 2.24) is 0 Å². The molecule has 0 N–H and O–H groups in total. The molecule has 6 nitrogen and oxygen atoms in total. The number of carbonyl (C=O) groups excluding carboxylic acids is 3. The minimum Gasteiger partial charge on any atom is -0.462 e. The van der Waals surface area contributed by atoms with Gasteiger partial charge in [0.25, 0.3) is 0 Å². The maximum Gasteiger partial charge on any atom is 0.306 e. The molecule has 0 aromatic rings. The van der Waals surface area contributed by atoms with Gasteiger partial charge in [0.05, 0.1) is 0 Å². The molecule has 0 fully saturated rings. The first-order valence-corrected chi connectivity index (χ1v) is 30.2. The lowest BCUT2D eigenvalue weighted by atomic mass is 9.99. The van der Waals surface area contributed by atoms with Crippen molar-refractivity contribution in [3.05, 3.63) is 0 Å². The summed E-state index contributed by atoms with van der Waals surface area (Å²) in [5, 5.41) is 0. The van der Waals surface area contributed by atoms with Crippen LogP contribution in [0.1, 0.15) is 337 Å². The van der Waals surface area contributed by atoms with Gasteiger partial charge in [0.15, 0.2) is 6.10 Å². The monoisotopic (exact) mass is 947 g/mol. The van der Waals surface area contributed by atoms with Crippen LogP contribution in [0.3, 0.4) is 0 Å². The number of rotatable bonds is 54. The van der Waals surface area contributed by atoms with Crippen molar-refractivity contribution < 1.29 is 28.6 Å². The molecule has 0 aliphatic heterocycles. The van der Waals surface area contributed by atoms with Crippen molar-refractivity contribution in [3.8, 4) is 0 Å². The summed E-state index contributed by atoms with van der Waals surface area (Å²) in [5.74, 6) is 1.77. The van der Waals surface area contributed by atoms with Crippen LogP contribution < -0.4 is 0 Å². The van der Waals surface area contributed by atoms with E-state index in [1.54, 1.807) is 0 Å². The van der Waals surface area contributed by atoms with Gasteiger partial charge in [-0.3, -0.25) is 14.4 Å². The molecule has 0 saturated carbocycles. The first-order chi connectivity index (χ1) is 32.7. The van der Waals surface area contributed by atoms with Crippen LogP contribution in [0, 0.1) is 17.8 Å². The molecule has 0 rings (SSSR count). The second-order valence-electron chi connectivity index (χ2n) is 21.9. The molecular weight excluding hydrogens is 829 g/mol. The van der Waals surface area contributed by atoms with E-state index in [0.717, 1.165) is 75.5 Å². The van der Waals surface area contributed by atoms with E-state index in [4.69, 9.17) is 14.2 Å². The van der Waals surface area contributed by atoms with Gasteiger partial charge >= 0.3 is 17.9 Å². The summed E-state index contributed by atoms with van der Waals surface area (Å²) in [4.78, 5) is 38.2. The summed E-state index contributed by atoms with van der Waals surface area (Å²) in [6.45, 7) is 13.8. The smallest absolute Gasteiger partial charge is 0.306 e. The zero-order chi connectivity index (χ0) is 49.1. The van der Waals surface area contributed by atoms with Gasteiger partial charge in [0.2, 0.25) is 0 Å². The van der Waals surface area contributed by atoms with Crippen molar-refractivity contribution >= 4 is 17.9 Å². The minimum atomic E-state index is -0.764. The largest absolute Gasteiger partial charge is 0.462 e. The maximum atomic E-state index is 12.9. The molecule has 398 valence electrons. The van der Waals surface area contributed by atoms with Crippen LogP contribution in [0.5, 0.6) is 0 Å². The van der Waals surface area contributed by atoms with E-state index in [-0.39, 0.29) is 31.1 Å². The summed E-state index contributed by atoms with van der Waals surface area (Å²) < 4.78 is 16.9. The van der Waals surface area contributed by atoms with Gasteiger partial charge in [0, 0.05) is 19.3 Å². The molecule has 0 radical (unpaired) electrons. The van der Waals surface area contributed by atoms with Crippen LogP contribution in [0.25, 0.3) is 0 Å². The van der Waals surface area contributed by atoms with E-state index in [2.05, 4.69) is 41.5 Å². The van der Waals surface area contributed by atoms with Crippen LogP contribution in [0.2, 0.25) is 0 Å². The molecule has 0 aliphatic carbocycles. The van der Waals surface area contributed by atoms with E-state index in [9.17, 15) is 14.4 Å². The molecule has 0 amide bonds. The molecular formula is C61H118O6. The Morgan fingerprint density at radius 3 is 0.776 bits per heavy atom. The Labute approximate surface area is 418 Å². The molecule has 0 heterocycles. The van der Waals surface area contributed by atoms with Gasteiger partial charge in [-0.25, -0.2) is 0 Å². The molecule has 67 heavy (non-hydrogen) atoms. The summed E-state index contributed by atoms with van der Waals surface area (Å²) in [7, 11) is 0. The highest BCUT2D eigenvalue weighted by Crippen LogP contribution is 2.19. The zero-order valence-corrected chi connectivity index (χ0v) is 46.2. The molecule has 2 unspecified atom stereocenters. The third-order valence-electron chi connectivity index (χ3n) is 14.6. The van der Waals surface area contributed by atoms with Gasteiger partial charge < -0.3 is 14.2 Å². The van der Waals surface area contributed by atoms with E-state index in [1.165, 1.54) is 218 Å². The highest BCUT2D eigenvalue weighted by molar-refractivity contribution is 5.71. The molecule has 0 aromatic carbocycles. The van der Waals surface area contributed by atoms with Crippen molar-refractivity contribution in [2.75, 3.05) is 13.2 Å². The fourth-order valence-electron chi connectivity index (χ4n) is 9.29. The first-order valence-electron chi connectivity index (χ1n) is 30.2. The highest BCUT2D eigenvalue weighted by Gasteiger charge is 2.19. The predicted octanol–water partition coefficient (Wildman–Crippen LogP) is 19.9. The number of ether oxygens (including phenoxy) is 3. The lowest BCUT2D eigenvalue weighted by Crippen LogP contribution is -2.30. The second kappa shape index (κ2) is 52.2. The van der Waals surface area contributed by atoms with Crippen molar-refractivity contribution in [1.29, 1.82) is 0 Å². The van der Waals surface area contributed by atoms with Gasteiger partial charge in [0.1, 0.15) is 13.2 Å². The SMILES string of the molecule is CCC(C)CCCCCCCCCCCCCCCCC(=O)OC[C@H](COC(=O)CCCCCCCCCCCCC(C)CC)OC(=O)CCCCCCCCCCCCCCCCC(C)C. The van der Waals surface area contributed by atoms with Crippen LogP contribution >= 0.6 is 0 Å². The quantitative estimate of drug-likeness (QED) is 0.0343. The lowest BCUT2D eigenvalue weighted by molar-refractivity contribution is -0.167. The molecule has 0 aromatic heterocycles. The lowest BCUT2D eigenvalue weighted by Gasteiger charge is -2.18. The molecule has 6 heteroatoms. The Kier molecular flexibility index (Phi) is 51.0. The number of unbranched alkanes of at least 4 members (excludes halogenated alkanes) is 35. The summed E-state index contributed by atoms with van der Waals surface area (Å²) in [6.07, 6.45) is 55.1. The minimum absolute atomic E-state index is 0.0632. The van der Waals surface area contributed by atoms with E-state index in [0.29, 0.717) is 19.3 Å². The number of hydrogen-bond acceptors (Lipinski definition) is 6. The van der Waals surface area contributed by atoms with Gasteiger partial charge in [-0.1, -0.05) is 298 Å². The standard InChI is InChI=1S/C61H118O6/c1-7-56(5)48-42-36-30-24-18-14-10-12-15-19-26-32-38-44-50-59(62)65-53-58(54-66-60(63)51-45-39-33-27-22-21-25-31-37-43-49-57(6)8-2)67-61(64)52-46-40-34-28-20-16-11-9-13-17-23-29-35-41-47-55(3)4/h55-58H,7-54H2,1-6H3/t56?,57?,58-/m1/s1. The van der Waals surface area contributed by atoms with Crippen LogP contribution in [0.4, 0.5) is 0 Å². The Bertz CT molecular complexity index is 1040. The average Bonchev–Trinajstić information content (AvgIpc) is 3.31. The van der Waals surface area contributed by atoms with Crippen LogP contribution in [0.15, 0.2) is 0 Å². The van der Waals surface area contributed by atoms with Gasteiger partial charge in [-0.05, 0) is 37.0 Å². The predicted molar refractivity (Wildman–Crippen MR) is 289 cm³/mol. The molecule has 0 aliphatic rings. The normalized spacial score (nSPS) is 12.9. The summed E-state index contributed by atoms with van der Waals surface area (Å²) in [5.41, 5.74) is 0. The molecule has 0 bridgehead atoms. The van der Waals surface area contributed by atoms with Gasteiger partial charge in [-0.15, -0.1) is 0 Å². The Balaban J connectivity index is 4.31. The Morgan fingerprint density at radius 1 is 0.299 bits per heavy atom. The number of hydrogen-bond donors (Lipinski definition) is 0. The number of esters is 3. The Morgan fingerprint density at radius 2 is 0.522 bits per heavy atom. The zero-order valence-electron chi connectivity index (χ0n) is 46.2.